The lowest BCUT2D eigenvalue weighted by Crippen LogP contribution is -2.35. The highest BCUT2D eigenvalue weighted by molar-refractivity contribution is 5.40. The van der Waals surface area contributed by atoms with Gasteiger partial charge in [0.2, 0.25) is 0 Å². The Morgan fingerprint density at radius 3 is 2.87 bits per heavy atom. The lowest BCUT2D eigenvalue weighted by atomic mass is 9.77. The van der Waals surface area contributed by atoms with E-state index in [2.05, 4.69) is 36.1 Å². The van der Waals surface area contributed by atoms with E-state index in [1.807, 2.05) is 0 Å². The molecule has 1 aliphatic rings. The average molecular weight is 205 g/mol. The van der Waals surface area contributed by atoms with Crippen LogP contribution in [0.3, 0.4) is 0 Å². The van der Waals surface area contributed by atoms with Crippen molar-refractivity contribution in [1.29, 1.82) is 0 Å². The minimum Gasteiger partial charge on any atom is -0.395 e. The maximum Gasteiger partial charge on any atom is 0.0558 e. The molecule has 1 aliphatic carbocycles. The highest BCUT2D eigenvalue weighted by atomic mass is 16.3. The number of hydrogen-bond acceptors (Lipinski definition) is 2. The number of rotatable bonds is 5. The number of hydrogen-bond donors (Lipinski definition) is 1. The van der Waals surface area contributed by atoms with Crippen LogP contribution in [-0.4, -0.2) is 36.2 Å². The van der Waals surface area contributed by atoms with Crippen molar-refractivity contribution in [3.05, 3.63) is 35.4 Å². The molecule has 0 bridgehead atoms. The first kappa shape index (κ1) is 10.7. The fraction of sp³-hybridized carbons (Fsp3) is 0.538. The summed E-state index contributed by atoms with van der Waals surface area (Å²) in [5, 5.41) is 8.92. The van der Waals surface area contributed by atoms with Crippen LogP contribution in [0.4, 0.5) is 0 Å². The minimum atomic E-state index is 0.266. The third-order valence-corrected chi connectivity index (χ3v) is 3.30. The third kappa shape index (κ3) is 2.21. The lowest BCUT2D eigenvalue weighted by molar-refractivity contribution is 0.190. The van der Waals surface area contributed by atoms with E-state index in [0.717, 1.165) is 19.6 Å². The van der Waals surface area contributed by atoms with Gasteiger partial charge in [0, 0.05) is 19.0 Å². The Morgan fingerprint density at radius 1 is 1.40 bits per heavy atom. The fourth-order valence-electron chi connectivity index (χ4n) is 2.36. The summed E-state index contributed by atoms with van der Waals surface area (Å²) in [5.74, 6) is 0.688. The molecule has 1 atom stereocenters. The van der Waals surface area contributed by atoms with Crippen LogP contribution in [0, 0.1) is 0 Å². The van der Waals surface area contributed by atoms with Crippen molar-refractivity contribution in [3.63, 3.8) is 0 Å². The zero-order valence-corrected chi connectivity index (χ0v) is 9.32. The molecule has 2 nitrogen and oxygen atoms in total. The van der Waals surface area contributed by atoms with Gasteiger partial charge in [0.15, 0.2) is 0 Å². The van der Waals surface area contributed by atoms with E-state index in [1.165, 1.54) is 17.5 Å². The van der Waals surface area contributed by atoms with E-state index >= 15 is 0 Å². The first-order valence-corrected chi connectivity index (χ1v) is 5.76. The minimum absolute atomic E-state index is 0.266. The van der Waals surface area contributed by atoms with Crippen LogP contribution in [0.2, 0.25) is 0 Å². The topological polar surface area (TPSA) is 23.5 Å². The van der Waals surface area contributed by atoms with Crippen LogP contribution < -0.4 is 0 Å². The van der Waals surface area contributed by atoms with Gasteiger partial charge in [-0.1, -0.05) is 31.2 Å². The molecule has 0 aliphatic heterocycles. The predicted molar refractivity (Wildman–Crippen MR) is 62.1 cm³/mol. The van der Waals surface area contributed by atoms with Crippen LogP contribution in [0.25, 0.3) is 0 Å². The molecular formula is C13H19NO. The summed E-state index contributed by atoms with van der Waals surface area (Å²) in [5.41, 5.74) is 3.01. The van der Waals surface area contributed by atoms with Crippen molar-refractivity contribution < 1.29 is 5.11 Å². The molecule has 82 valence electrons. The van der Waals surface area contributed by atoms with Crippen molar-refractivity contribution in [2.45, 2.75) is 19.3 Å². The molecule has 0 saturated carbocycles. The third-order valence-electron chi connectivity index (χ3n) is 3.30. The van der Waals surface area contributed by atoms with Crippen molar-refractivity contribution in [2.75, 3.05) is 26.2 Å². The van der Waals surface area contributed by atoms with Crippen molar-refractivity contribution in [2.24, 2.45) is 0 Å². The summed E-state index contributed by atoms with van der Waals surface area (Å²) < 4.78 is 0. The molecule has 1 N–H and O–H groups in total. The summed E-state index contributed by atoms with van der Waals surface area (Å²) in [6.07, 6.45) is 1.21. The van der Waals surface area contributed by atoms with E-state index in [0.29, 0.717) is 5.92 Å². The van der Waals surface area contributed by atoms with Crippen LogP contribution >= 0.6 is 0 Å². The number of aliphatic hydroxyl groups excluding tert-OH is 1. The molecule has 1 aromatic rings. The molecule has 0 spiro atoms. The molecule has 1 unspecified atom stereocenters. The molecule has 0 radical (unpaired) electrons. The van der Waals surface area contributed by atoms with E-state index < -0.39 is 0 Å². The number of nitrogens with zero attached hydrogens (tertiary/aromatic N) is 1. The van der Waals surface area contributed by atoms with E-state index in [4.69, 9.17) is 5.11 Å². The van der Waals surface area contributed by atoms with Crippen molar-refractivity contribution in [1.82, 2.24) is 4.90 Å². The van der Waals surface area contributed by atoms with Crippen LogP contribution in [0.5, 0.6) is 0 Å². The van der Waals surface area contributed by atoms with E-state index in [9.17, 15) is 0 Å². The summed E-state index contributed by atoms with van der Waals surface area (Å²) >= 11 is 0. The Balaban J connectivity index is 1.93. The van der Waals surface area contributed by atoms with Gasteiger partial charge in [-0.05, 0) is 24.1 Å². The molecule has 2 rings (SSSR count). The lowest BCUT2D eigenvalue weighted by Gasteiger charge is -2.34. The highest BCUT2D eigenvalue weighted by Gasteiger charge is 2.26. The molecular weight excluding hydrogens is 186 g/mol. The molecule has 15 heavy (non-hydrogen) atoms. The smallest absolute Gasteiger partial charge is 0.0558 e. The first-order valence-electron chi connectivity index (χ1n) is 5.76. The number of aliphatic hydroxyl groups is 1. The summed E-state index contributed by atoms with van der Waals surface area (Å²) in [6, 6.07) is 8.68. The van der Waals surface area contributed by atoms with E-state index in [1.54, 1.807) is 0 Å². The second-order valence-electron chi connectivity index (χ2n) is 4.22. The second kappa shape index (κ2) is 4.77. The zero-order valence-electron chi connectivity index (χ0n) is 9.32. The average Bonchev–Trinajstić information content (AvgIpc) is 2.24. The number of fused-ring (bicyclic) bond motifs is 1. The van der Waals surface area contributed by atoms with Crippen LogP contribution in [0.15, 0.2) is 24.3 Å². The molecule has 0 heterocycles. The molecule has 2 heteroatoms. The van der Waals surface area contributed by atoms with Gasteiger partial charge in [0.1, 0.15) is 0 Å². The van der Waals surface area contributed by atoms with Gasteiger partial charge in [0.25, 0.3) is 0 Å². The number of likely N-dealkylation sites (N-methyl/N-ethyl adjacent to an activating group) is 1. The highest BCUT2D eigenvalue weighted by Crippen LogP contribution is 2.35. The molecule has 0 fully saturated rings. The summed E-state index contributed by atoms with van der Waals surface area (Å²) in [7, 11) is 0. The maximum atomic E-state index is 8.92. The Hall–Kier alpha value is -0.860. The SMILES string of the molecule is CCN(CCO)CC1Cc2ccccc21. The Labute approximate surface area is 91.5 Å². The van der Waals surface area contributed by atoms with Gasteiger partial charge in [0.05, 0.1) is 6.61 Å². The fourth-order valence-corrected chi connectivity index (χ4v) is 2.36. The Kier molecular flexibility index (Phi) is 3.39. The van der Waals surface area contributed by atoms with E-state index in [-0.39, 0.29) is 6.61 Å². The van der Waals surface area contributed by atoms with Gasteiger partial charge < -0.3 is 10.0 Å². The van der Waals surface area contributed by atoms with Crippen LogP contribution in [0.1, 0.15) is 24.0 Å². The summed E-state index contributed by atoms with van der Waals surface area (Å²) in [6.45, 7) is 5.34. The van der Waals surface area contributed by atoms with Crippen LogP contribution in [-0.2, 0) is 6.42 Å². The molecule has 0 aromatic heterocycles. The maximum absolute atomic E-state index is 8.92. The van der Waals surface area contributed by atoms with Gasteiger partial charge in [-0.2, -0.15) is 0 Å². The Morgan fingerprint density at radius 2 is 2.20 bits per heavy atom. The van der Waals surface area contributed by atoms with Crippen molar-refractivity contribution in [3.8, 4) is 0 Å². The first-order chi connectivity index (χ1) is 7.35. The standard InChI is InChI=1S/C13H19NO/c1-2-14(7-8-15)10-12-9-11-5-3-4-6-13(11)12/h3-6,12,15H,2,7-10H2,1H3. The molecule has 1 aromatic carbocycles. The predicted octanol–water partition coefficient (Wildman–Crippen LogP) is 1.64. The van der Waals surface area contributed by atoms with Crippen molar-refractivity contribution >= 4 is 0 Å². The monoisotopic (exact) mass is 205 g/mol. The quantitative estimate of drug-likeness (QED) is 0.790. The normalized spacial score (nSPS) is 18.7. The van der Waals surface area contributed by atoms with Gasteiger partial charge in [-0.3, -0.25) is 0 Å². The molecule has 0 saturated heterocycles. The summed E-state index contributed by atoms with van der Waals surface area (Å²) in [4.78, 5) is 2.32. The second-order valence-corrected chi connectivity index (χ2v) is 4.22. The molecule has 0 amide bonds. The zero-order chi connectivity index (χ0) is 10.7. The number of benzene rings is 1. The largest absolute Gasteiger partial charge is 0.395 e. The Bertz CT molecular complexity index is 324. The van der Waals surface area contributed by atoms with Gasteiger partial charge in [-0.15, -0.1) is 0 Å². The van der Waals surface area contributed by atoms with Gasteiger partial charge >= 0.3 is 0 Å². The van der Waals surface area contributed by atoms with Gasteiger partial charge in [-0.25, -0.2) is 0 Å².